The van der Waals surface area contributed by atoms with E-state index in [1.54, 1.807) is 11.4 Å². The van der Waals surface area contributed by atoms with Crippen molar-refractivity contribution in [3.05, 3.63) is 23.8 Å². The van der Waals surface area contributed by atoms with Gasteiger partial charge in [-0.05, 0) is 12.1 Å². The van der Waals surface area contributed by atoms with Gasteiger partial charge >= 0.3 is 12.0 Å². The Hall–Kier alpha value is -2.77. The van der Waals surface area contributed by atoms with Crippen LogP contribution in [0.25, 0.3) is 0 Å². The molecule has 0 radical (unpaired) electrons. The summed E-state index contributed by atoms with van der Waals surface area (Å²) in [5.74, 6) is -1.45. The number of carbonyl (C=O) groups is 3. The van der Waals surface area contributed by atoms with Gasteiger partial charge in [0, 0.05) is 5.69 Å². The van der Waals surface area contributed by atoms with Crippen molar-refractivity contribution >= 4 is 23.6 Å². The Morgan fingerprint density at radius 1 is 1.32 bits per heavy atom. The highest BCUT2D eigenvalue weighted by Crippen LogP contribution is 2.24. The van der Waals surface area contributed by atoms with Crippen LogP contribution in [0.2, 0.25) is 0 Å². The number of hydrogen-bond donors (Lipinski definition) is 3. The zero-order valence-corrected chi connectivity index (χ0v) is 10.1. The van der Waals surface area contributed by atoms with Crippen LogP contribution >= 0.6 is 0 Å². The van der Waals surface area contributed by atoms with Crippen LogP contribution in [0.3, 0.4) is 0 Å². The summed E-state index contributed by atoms with van der Waals surface area (Å²) in [5, 5.41) is 1.75. The number of imide groups is 1. The number of methoxy groups -OCH3 is 1. The topological polar surface area (TPSA) is 134 Å². The average Bonchev–Trinajstić information content (AvgIpc) is 2.34. The molecule has 1 rings (SSSR count). The minimum absolute atomic E-state index is 0.0110. The molecule has 0 unspecified atom stereocenters. The van der Waals surface area contributed by atoms with Crippen LogP contribution in [-0.4, -0.2) is 31.6 Å². The maximum absolute atomic E-state index is 11.8. The number of nitrogens with one attached hydrogen (secondary N) is 1. The molecule has 0 aliphatic rings. The minimum atomic E-state index is -1.03. The summed E-state index contributed by atoms with van der Waals surface area (Å²) in [7, 11) is 1.37. The zero-order valence-electron chi connectivity index (χ0n) is 10.1. The third-order valence-corrected chi connectivity index (χ3v) is 2.08. The average molecular weight is 267 g/mol. The second-order valence-corrected chi connectivity index (χ2v) is 3.41. The summed E-state index contributed by atoms with van der Waals surface area (Å²) >= 11 is 0. The van der Waals surface area contributed by atoms with Gasteiger partial charge in [0.15, 0.2) is 6.61 Å². The largest absolute Gasteiger partial charge is 0.496 e. The number of nitrogen functional groups attached to an aromatic ring is 1. The van der Waals surface area contributed by atoms with Crippen molar-refractivity contribution < 1.29 is 23.9 Å². The predicted octanol–water partition coefficient (Wildman–Crippen LogP) is -0.371. The number of anilines is 1. The van der Waals surface area contributed by atoms with E-state index < -0.39 is 24.5 Å². The number of rotatable bonds is 4. The highest BCUT2D eigenvalue weighted by Gasteiger charge is 2.18. The van der Waals surface area contributed by atoms with Crippen LogP contribution < -0.4 is 21.5 Å². The molecule has 19 heavy (non-hydrogen) atoms. The van der Waals surface area contributed by atoms with Crippen LogP contribution in [0.5, 0.6) is 5.75 Å². The molecular formula is C11H13N3O5. The van der Waals surface area contributed by atoms with E-state index in [1.807, 2.05) is 0 Å². The van der Waals surface area contributed by atoms with E-state index in [2.05, 4.69) is 0 Å². The Labute approximate surface area is 108 Å². The first-order chi connectivity index (χ1) is 8.95. The Kier molecular flexibility index (Phi) is 4.69. The summed E-state index contributed by atoms with van der Waals surface area (Å²) in [6.45, 7) is -0.654. The number of primary amides is 1. The predicted molar refractivity (Wildman–Crippen MR) is 65.4 cm³/mol. The Morgan fingerprint density at radius 2 is 2.00 bits per heavy atom. The Balaban J connectivity index is 2.74. The van der Waals surface area contributed by atoms with Gasteiger partial charge in [-0.3, -0.25) is 10.1 Å². The molecule has 0 heterocycles. The lowest BCUT2D eigenvalue weighted by Gasteiger charge is -2.10. The van der Waals surface area contributed by atoms with Gasteiger partial charge in [0.2, 0.25) is 0 Å². The summed E-state index contributed by atoms with van der Waals surface area (Å²) in [5.41, 5.74) is 10.5. The van der Waals surface area contributed by atoms with Gasteiger partial charge in [0.05, 0.1) is 7.11 Å². The monoisotopic (exact) mass is 267 g/mol. The number of benzene rings is 1. The van der Waals surface area contributed by atoms with Crippen LogP contribution in [0, 0.1) is 0 Å². The van der Waals surface area contributed by atoms with Gasteiger partial charge in [-0.15, -0.1) is 0 Å². The van der Waals surface area contributed by atoms with Crippen molar-refractivity contribution in [2.75, 3.05) is 19.5 Å². The molecule has 1 aromatic rings. The smallest absolute Gasteiger partial charge is 0.344 e. The Morgan fingerprint density at radius 3 is 2.58 bits per heavy atom. The number of nitrogens with two attached hydrogens (primary N) is 2. The van der Waals surface area contributed by atoms with Gasteiger partial charge in [-0.25, -0.2) is 9.59 Å². The quantitative estimate of drug-likeness (QED) is 0.503. The fraction of sp³-hybridized carbons (Fsp3) is 0.182. The normalized spacial score (nSPS) is 9.53. The van der Waals surface area contributed by atoms with E-state index in [9.17, 15) is 14.4 Å². The lowest BCUT2D eigenvalue weighted by Crippen LogP contribution is -2.37. The van der Waals surface area contributed by atoms with E-state index in [0.717, 1.165) is 0 Å². The number of esters is 1. The van der Waals surface area contributed by atoms with Crippen molar-refractivity contribution in [2.45, 2.75) is 0 Å². The lowest BCUT2D eigenvalue weighted by molar-refractivity contribution is -0.123. The van der Waals surface area contributed by atoms with Gasteiger partial charge in [-0.1, -0.05) is 6.07 Å². The van der Waals surface area contributed by atoms with Crippen molar-refractivity contribution in [2.24, 2.45) is 5.73 Å². The molecule has 8 nitrogen and oxygen atoms in total. The highest BCUT2D eigenvalue weighted by molar-refractivity contribution is 6.00. The van der Waals surface area contributed by atoms with Gasteiger partial charge in [0.25, 0.3) is 5.91 Å². The number of urea groups is 1. The summed E-state index contributed by atoms with van der Waals surface area (Å²) in [4.78, 5) is 33.2. The molecule has 8 heteroatoms. The molecular weight excluding hydrogens is 254 g/mol. The molecule has 0 saturated carbocycles. The van der Waals surface area contributed by atoms with Crippen LogP contribution in [-0.2, 0) is 9.53 Å². The number of hydrogen-bond acceptors (Lipinski definition) is 6. The number of carbonyl (C=O) groups excluding carboxylic acids is 3. The molecule has 0 aromatic heterocycles. The Bertz CT molecular complexity index is 515. The molecule has 0 aliphatic carbocycles. The second-order valence-electron chi connectivity index (χ2n) is 3.41. The minimum Gasteiger partial charge on any atom is -0.496 e. The first kappa shape index (κ1) is 14.3. The first-order valence-corrected chi connectivity index (χ1v) is 5.14. The fourth-order valence-electron chi connectivity index (χ4n) is 1.31. The van der Waals surface area contributed by atoms with E-state index in [-0.39, 0.29) is 17.0 Å². The maximum Gasteiger partial charge on any atom is 0.344 e. The first-order valence-electron chi connectivity index (χ1n) is 5.14. The molecule has 0 spiro atoms. The molecule has 0 aliphatic heterocycles. The van der Waals surface area contributed by atoms with E-state index in [4.69, 9.17) is 20.9 Å². The van der Waals surface area contributed by atoms with Crippen molar-refractivity contribution in [3.8, 4) is 5.75 Å². The van der Waals surface area contributed by atoms with Crippen LogP contribution in [0.15, 0.2) is 18.2 Å². The van der Waals surface area contributed by atoms with Crippen LogP contribution in [0.1, 0.15) is 10.4 Å². The second kappa shape index (κ2) is 6.24. The number of ether oxygens (including phenoxy) is 2. The van der Waals surface area contributed by atoms with E-state index in [0.29, 0.717) is 0 Å². The van der Waals surface area contributed by atoms with Gasteiger partial charge in [0.1, 0.15) is 11.3 Å². The molecule has 1 aromatic carbocycles. The number of amides is 3. The molecule has 102 valence electrons. The van der Waals surface area contributed by atoms with Crippen molar-refractivity contribution in [1.82, 2.24) is 5.32 Å². The van der Waals surface area contributed by atoms with E-state index >= 15 is 0 Å². The summed E-state index contributed by atoms with van der Waals surface area (Å²) in [6.07, 6.45) is 0. The SMILES string of the molecule is COc1cccc(N)c1C(=O)OCC(=O)NC(N)=O. The molecule has 0 saturated heterocycles. The van der Waals surface area contributed by atoms with Crippen molar-refractivity contribution in [1.29, 1.82) is 0 Å². The maximum atomic E-state index is 11.8. The van der Waals surface area contributed by atoms with Crippen LogP contribution in [0.4, 0.5) is 10.5 Å². The highest BCUT2D eigenvalue weighted by atomic mass is 16.5. The van der Waals surface area contributed by atoms with E-state index in [1.165, 1.54) is 19.2 Å². The lowest BCUT2D eigenvalue weighted by atomic mass is 10.1. The zero-order chi connectivity index (χ0) is 14.4. The molecule has 5 N–H and O–H groups in total. The van der Waals surface area contributed by atoms with Gasteiger partial charge < -0.3 is 20.9 Å². The summed E-state index contributed by atoms with van der Waals surface area (Å²) < 4.78 is 9.66. The third-order valence-electron chi connectivity index (χ3n) is 2.08. The van der Waals surface area contributed by atoms with Gasteiger partial charge in [-0.2, -0.15) is 0 Å². The fourth-order valence-corrected chi connectivity index (χ4v) is 1.31. The molecule has 0 atom stereocenters. The standard InChI is InChI=1S/C11H13N3O5/c1-18-7-4-2-3-6(12)9(7)10(16)19-5-8(15)14-11(13)17/h2-4H,5,12H2,1H3,(H3,13,14,15,17). The molecule has 0 fully saturated rings. The third kappa shape index (κ3) is 3.87. The summed E-state index contributed by atoms with van der Waals surface area (Å²) in [6, 6.07) is 3.59. The molecule has 0 bridgehead atoms. The van der Waals surface area contributed by atoms with Crippen molar-refractivity contribution in [3.63, 3.8) is 0 Å². The molecule has 3 amide bonds.